The van der Waals surface area contributed by atoms with Gasteiger partial charge >= 0.3 is 0 Å². The number of hydrogen-bond acceptors (Lipinski definition) is 2. The lowest BCUT2D eigenvalue weighted by Gasteiger charge is -2.02. The van der Waals surface area contributed by atoms with Gasteiger partial charge in [0.1, 0.15) is 11.6 Å². The fraction of sp³-hybridized carbons (Fsp3) is 0.0667. The van der Waals surface area contributed by atoms with Crippen molar-refractivity contribution in [1.29, 1.82) is 0 Å². The van der Waals surface area contributed by atoms with Gasteiger partial charge in [0.15, 0.2) is 5.82 Å². The molecule has 1 aromatic heterocycles. The monoisotopic (exact) mass is 287 g/mol. The molecule has 100 valence electrons. The van der Waals surface area contributed by atoms with Gasteiger partial charge in [-0.15, -0.1) is 0 Å². The molecular formula is C15H11ClFN3. The minimum atomic E-state index is -0.338. The van der Waals surface area contributed by atoms with Crippen molar-refractivity contribution in [1.82, 2.24) is 15.2 Å². The summed E-state index contributed by atoms with van der Waals surface area (Å²) in [5.41, 5.74) is 1.33. The Morgan fingerprint density at radius 1 is 1.05 bits per heavy atom. The third kappa shape index (κ3) is 2.56. The Kier molecular flexibility index (Phi) is 3.48. The van der Waals surface area contributed by atoms with Crippen LogP contribution in [-0.4, -0.2) is 15.2 Å². The minimum Gasteiger partial charge on any atom is -0.262 e. The summed E-state index contributed by atoms with van der Waals surface area (Å²) in [5, 5.41) is 7.35. The number of hydrogen-bond donors (Lipinski definition) is 1. The lowest BCUT2D eigenvalue weighted by molar-refractivity contribution is 0.612. The maximum absolute atomic E-state index is 13.7. The topological polar surface area (TPSA) is 41.6 Å². The standard InChI is InChI=1S/C15H11ClFN3/c16-12-7-4-8-13(17)11(12)9-14-18-15(20-19-14)10-5-2-1-3-6-10/h1-8H,9H2,(H,18,19,20). The van der Waals surface area contributed by atoms with E-state index in [4.69, 9.17) is 11.6 Å². The number of benzene rings is 2. The van der Waals surface area contributed by atoms with E-state index in [2.05, 4.69) is 15.2 Å². The SMILES string of the molecule is Fc1cccc(Cl)c1Cc1nc(-c2ccccc2)n[nH]1. The third-order valence-corrected chi connectivity index (χ3v) is 3.32. The van der Waals surface area contributed by atoms with Crippen LogP contribution < -0.4 is 0 Å². The number of H-pyrrole nitrogens is 1. The van der Waals surface area contributed by atoms with Gasteiger partial charge in [-0.1, -0.05) is 48.0 Å². The Morgan fingerprint density at radius 3 is 2.60 bits per heavy atom. The van der Waals surface area contributed by atoms with Crippen molar-refractivity contribution in [2.24, 2.45) is 0 Å². The first-order valence-electron chi connectivity index (χ1n) is 6.13. The molecular weight excluding hydrogens is 277 g/mol. The van der Waals surface area contributed by atoms with Crippen LogP contribution >= 0.6 is 11.6 Å². The lowest BCUT2D eigenvalue weighted by atomic mass is 10.1. The lowest BCUT2D eigenvalue weighted by Crippen LogP contribution is -1.96. The molecule has 0 bridgehead atoms. The highest BCUT2D eigenvalue weighted by atomic mass is 35.5. The molecule has 0 saturated carbocycles. The molecule has 0 radical (unpaired) electrons. The largest absolute Gasteiger partial charge is 0.262 e. The summed E-state index contributed by atoms with van der Waals surface area (Å²) in [6.07, 6.45) is 0.283. The third-order valence-electron chi connectivity index (χ3n) is 2.97. The van der Waals surface area contributed by atoms with Crippen molar-refractivity contribution in [2.75, 3.05) is 0 Å². The summed E-state index contributed by atoms with van der Waals surface area (Å²) in [5.74, 6) is 0.832. The average Bonchev–Trinajstić information content (AvgIpc) is 2.93. The van der Waals surface area contributed by atoms with Crippen LogP contribution in [0, 0.1) is 5.82 Å². The van der Waals surface area contributed by atoms with Gasteiger partial charge in [0.2, 0.25) is 0 Å². The van der Waals surface area contributed by atoms with Crippen LogP contribution in [0.1, 0.15) is 11.4 Å². The van der Waals surface area contributed by atoms with Crippen molar-refractivity contribution < 1.29 is 4.39 Å². The van der Waals surface area contributed by atoms with Gasteiger partial charge in [-0.2, -0.15) is 5.10 Å². The fourth-order valence-corrected chi connectivity index (χ4v) is 2.19. The van der Waals surface area contributed by atoms with Crippen LogP contribution in [-0.2, 0) is 6.42 Å². The maximum Gasteiger partial charge on any atom is 0.181 e. The van der Waals surface area contributed by atoms with E-state index in [1.165, 1.54) is 6.07 Å². The quantitative estimate of drug-likeness (QED) is 0.795. The summed E-state index contributed by atoms with van der Waals surface area (Å²) in [7, 11) is 0. The summed E-state index contributed by atoms with van der Waals surface area (Å²) < 4.78 is 13.7. The van der Waals surface area contributed by atoms with Crippen molar-refractivity contribution >= 4 is 11.6 Å². The summed E-state index contributed by atoms with van der Waals surface area (Å²) in [6.45, 7) is 0. The predicted molar refractivity (Wildman–Crippen MR) is 76.0 cm³/mol. The summed E-state index contributed by atoms with van der Waals surface area (Å²) >= 11 is 6.00. The van der Waals surface area contributed by atoms with E-state index in [1.807, 2.05) is 30.3 Å². The van der Waals surface area contributed by atoms with E-state index in [1.54, 1.807) is 12.1 Å². The highest BCUT2D eigenvalue weighted by molar-refractivity contribution is 6.31. The molecule has 0 fully saturated rings. The molecule has 0 unspecified atom stereocenters. The van der Waals surface area contributed by atoms with Crippen LogP contribution in [0.15, 0.2) is 48.5 Å². The molecule has 0 aliphatic heterocycles. The molecule has 0 amide bonds. The van der Waals surface area contributed by atoms with E-state index in [0.29, 0.717) is 22.2 Å². The van der Waals surface area contributed by atoms with Crippen LogP contribution in [0.25, 0.3) is 11.4 Å². The number of nitrogens with one attached hydrogen (secondary N) is 1. The second-order valence-electron chi connectivity index (χ2n) is 4.35. The molecule has 3 nitrogen and oxygen atoms in total. The Labute approximate surface area is 120 Å². The molecule has 3 aromatic rings. The molecule has 0 spiro atoms. The smallest absolute Gasteiger partial charge is 0.181 e. The number of aromatic nitrogens is 3. The second-order valence-corrected chi connectivity index (χ2v) is 4.76. The highest BCUT2D eigenvalue weighted by Crippen LogP contribution is 2.22. The van der Waals surface area contributed by atoms with E-state index < -0.39 is 0 Å². The van der Waals surface area contributed by atoms with Crippen LogP contribution in [0.5, 0.6) is 0 Å². The Morgan fingerprint density at radius 2 is 1.85 bits per heavy atom. The van der Waals surface area contributed by atoms with Gasteiger partial charge in [0.25, 0.3) is 0 Å². The molecule has 1 heterocycles. The Bertz CT molecular complexity index is 705. The minimum absolute atomic E-state index is 0.283. The van der Waals surface area contributed by atoms with Crippen molar-refractivity contribution in [3.05, 3.63) is 70.8 Å². The molecule has 0 saturated heterocycles. The molecule has 1 N–H and O–H groups in total. The van der Waals surface area contributed by atoms with Gasteiger partial charge in [-0.05, 0) is 12.1 Å². The van der Waals surface area contributed by atoms with Crippen molar-refractivity contribution in [3.8, 4) is 11.4 Å². The first kappa shape index (κ1) is 12.8. The number of halogens is 2. The predicted octanol–water partition coefficient (Wildman–Crippen LogP) is 3.86. The van der Waals surface area contributed by atoms with Crippen LogP contribution in [0.3, 0.4) is 0 Å². The van der Waals surface area contributed by atoms with Gasteiger partial charge < -0.3 is 0 Å². The van der Waals surface area contributed by atoms with Crippen molar-refractivity contribution in [3.63, 3.8) is 0 Å². The van der Waals surface area contributed by atoms with E-state index in [9.17, 15) is 4.39 Å². The number of rotatable bonds is 3. The fourth-order valence-electron chi connectivity index (χ4n) is 1.96. The molecule has 20 heavy (non-hydrogen) atoms. The summed E-state index contributed by atoms with van der Waals surface area (Å²) in [4.78, 5) is 4.37. The Hall–Kier alpha value is -2.20. The molecule has 2 aromatic carbocycles. The van der Waals surface area contributed by atoms with E-state index in [-0.39, 0.29) is 12.2 Å². The average molecular weight is 288 g/mol. The number of nitrogens with zero attached hydrogens (tertiary/aromatic N) is 2. The highest BCUT2D eigenvalue weighted by Gasteiger charge is 2.11. The molecule has 0 aliphatic carbocycles. The molecule has 0 atom stereocenters. The zero-order chi connectivity index (χ0) is 13.9. The zero-order valence-electron chi connectivity index (χ0n) is 10.5. The van der Waals surface area contributed by atoms with Crippen LogP contribution in [0.4, 0.5) is 4.39 Å². The zero-order valence-corrected chi connectivity index (χ0v) is 11.2. The molecule has 5 heteroatoms. The second kappa shape index (κ2) is 5.43. The van der Waals surface area contributed by atoms with Crippen LogP contribution in [0.2, 0.25) is 5.02 Å². The van der Waals surface area contributed by atoms with Gasteiger partial charge in [0, 0.05) is 22.6 Å². The normalized spacial score (nSPS) is 10.7. The van der Waals surface area contributed by atoms with E-state index in [0.717, 1.165) is 5.56 Å². The summed E-state index contributed by atoms with van der Waals surface area (Å²) in [6, 6.07) is 14.2. The molecule has 3 rings (SSSR count). The van der Waals surface area contributed by atoms with Gasteiger partial charge in [-0.3, -0.25) is 5.10 Å². The molecule has 0 aliphatic rings. The first-order chi connectivity index (χ1) is 9.74. The first-order valence-corrected chi connectivity index (χ1v) is 6.51. The van der Waals surface area contributed by atoms with Gasteiger partial charge in [0.05, 0.1) is 0 Å². The van der Waals surface area contributed by atoms with E-state index >= 15 is 0 Å². The van der Waals surface area contributed by atoms with Gasteiger partial charge in [-0.25, -0.2) is 9.37 Å². The van der Waals surface area contributed by atoms with Crippen molar-refractivity contribution in [2.45, 2.75) is 6.42 Å². The number of aromatic amines is 1. The maximum atomic E-state index is 13.7. The Balaban J connectivity index is 1.88.